The second-order valence-electron chi connectivity index (χ2n) is 6.11. The largest absolute Gasteiger partial charge is 0.411 e. The third-order valence-corrected chi connectivity index (χ3v) is 6.85. The molecule has 1 saturated heterocycles. The Morgan fingerprint density at radius 3 is 2.78 bits per heavy atom. The number of amides is 1. The van der Waals surface area contributed by atoms with E-state index in [1.807, 2.05) is 6.92 Å². The van der Waals surface area contributed by atoms with Crippen LogP contribution in [0.2, 0.25) is 0 Å². The second-order valence-corrected chi connectivity index (χ2v) is 8.97. The zero-order valence-electron chi connectivity index (χ0n) is 15.1. The topological polar surface area (TPSA) is 105 Å². The van der Waals surface area contributed by atoms with Gasteiger partial charge in [-0.3, -0.25) is 4.79 Å². The maximum atomic E-state index is 12.8. The monoisotopic (exact) mass is 410 g/mol. The molecule has 1 aromatic carbocycles. The van der Waals surface area contributed by atoms with E-state index in [0.29, 0.717) is 25.2 Å². The molecule has 2 aromatic rings. The third kappa shape index (κ3) is 4.88. The Bertz CT molecular complexity index is 892. The van der Waals surface area contributed by atoms with Gasteiger partial charge in [0, 0.05) is 25.2 Å². The molecular formula is C17H22N4O4S2. The first-order valence-corrected chi connectivity index (χ1v) is 11.3. The molecule has 1 aliphatic rings. The fraction of sp³-hybridized carbons (Fsp3) is 0.471. The van der Waals surface area contributed by atoms with E-state index in [-0.39, 0.29) is 27.7 Å². The molecule has 0 bridgehead atoms. The molecule has 3 rings (SSSR count). The molecule has 1 N–H and O–H groups in total. The molecule has 0 saturated carbocycles. The van der Waals surface area contributed by atoms with Crippen LogP contribution >= 0.6 is 11.8 Å². The van der Waals surface area contributed by atoms with Gasteiger partial charge in [0.2, 0.25) is 21.8 Å². The summed E-state index contributed by atoms with van der Waals surface area (Å²) in [5.74, 6) is 0.291. The predicted octanol–water partition coefficient (Wildman–Crippen LogP) is 2.14. The van der Waals surface area contributed by atoms with Crippen LogP contribution in [0.4, 0.5) is 0 Å². The van der Waals surface area contributed by atoms with Gasteiger partial charge in [0.1, 0.15) is 0 Å². The van der Waals surface area contributed by atoms with Crippen molar-refractivity contribution in [1.82, 2.24) is 19.8 Å². The Balaban J connectivity index is 1.75. The van der Waals surface area contributed by atoms with Gasteiger partial charge in [-0.2, -0.15) is 4.31 Å². The SMILES string of the molecule is CCNC(=O)CSc1nnc(-c2cccc(S(=O)(=O)N3CCCCC3)c2)o1. The van der Waals surface area contributed by atoms with Gasteiger partial charge in [0.25, 0.3) is 5.22 Å². The molecule has 1 aromatic heterocycles. The van der Waals surface area contributed by atoms with E-state index < -0.39 is 10.0 Å². The van der Waals surface area contributed by atoms with Crippen LogP contribution in [0.25, 0.3) is 11.5 Å². The number of carbonyl (C=O) groups is 1. The van der Waals surface area contributed by atoms with Crippen molar-refractivity contribution < 1.29 is 17.6 Å². The highest BCUT2D eigenvalue weighted by Crippen LogP contribution is 2.27. The molecule has 0 spiro atoms. The normalized spacial score (nSPS) is 15.6. The summed E-state index contributed by atoms with van der Waals surface area (Å²) in [4.78, 5) is 11.7. The van der Waals surface area contributed by atoms with Gasteiger partial charge < -0.3 is 9.73 Å². The Morgan fingerprint density at radius 2 is 2.04 bits per heavy atom. The number of nitrogens with zero attached hydrogens (tertiary/aromatic N) is 3. The summed E-state index contributed by atoms with van der Waals surface area (Å²) in [6.45, 7) is 3.51. The molecule has 2 heterocycles. The molecule has 8 nitrogen and oxygen atoms in total. The van der Waals surface area contributed by atoms with Crippen molar-refractivity contribution in [1.29, 1.82) is 0 Å². The fourth-order valence-electron chi connectivity index (χ4n) is 2.80. The van der Waals surface area contributed by atoms with Crippen LogP contribution in [0.1, 0.15) is 26.2 Å². The maximum absolute atomic E-state index is 12.8. The number of hydrogen-bond acceptors (Lipinski definition) is 7. The first kappa shape index (κ1) is 19.8. The summed E-state index contributed by atoms with van der Waals surface area (Å²) in [5.41, 5.74) is 0.533. The minimum absolute atomic E-state index is 0.114. The van der Waals surface area contributed by atoms with Gasteiger partial charge in [-0.25, -0.2) is 8.42 Å². The molecule has 0 aliphatic carbocycles. The van der Waals surface area contributed by atoms with Gasteiger partial charge in [-0.05, 0) is 38.0 Å². The van der Waals surface area contributed by atoms with E-state index in [9.17, 15) is 13.2 Å². The Labute approximate surface area is 162 Å². The van der Waals surface area contributed by atoms with E-state index in [1.165, 1.54) is 4.31 Å². The number of carbonyl (C=O) groups excluding carboxylic acids is 1. The number of piperidine rings is 1. The van der Waals surface area contributed by atoms with Crippen molar-refractivity contribution in [3.05, 3.63) is 24.3 Å². The predicted molar refractivity (Wildman–Crippen MR) is 102 cm³/mol. The Hall–Kier alpha value is -1.91. The summed E-state index contributed by atoms with van der Waals surface area (Å²) >= 11 is 1.14. The quantitative estimate of drug-likeness (QED) is 0.697. The molecular weight excluding hydrogens is 388 g/mol. The second kappa shape index (κ2) is 8.85. The highest BCUT2D eigenvalue weighted by molar-refractivity contribution is 7.99. The van der Waals surface area contributed by atoms with E-state index in [4.69, 9.17) is 4.42 Å². The van der Waals surface area contributed by atoms with Gasteiger partial charge in [-0.15, -0.1) is 10.2 Å². The molecule has 0 unspecified atom stereocenters. The minimum Gasteiger partial charge on any atom is -0.411 e. The molecule has 1 fully saturated rings. The smallest absolute Gasteiger partial charge is 0.277 e. The zero-order chi connectivity index (χ0) is 19.3. The highest BCUT2D eigenvalue weighted by Gasteiger charge is 2.26. The molecule has 27 heavy (non-hydrogen) atoms. The number of thioether (sulfide) groups is 1. The lowest BCUT2D eigenvalue weighted by Gasteiger charge is -2.25. The van der Waals surface area contributed by atoms with Crippen LogP contribution in [-0.2, 0) is 14.8 Å². The molecule has 0 radical (unpaired) electrons. The first-order chi connectivity index (χ1) is 13.0. The summed E-state index contributed by atoms with van der Waals surface area (Å²) in [6.07, 6.45) is 2.83. The maximum Gasteiger partial charge on any atom is 0.277 e. The van der Waals surface area contributed by atoms with E-state index in [1.54, 1.807) is 24.3 Å². The molecule has 1 aliphatic heterocycles. The van der Waals surface area contributed by atoms with Crippen molar-refractivity contribution in [3.63, 3.8) is 0 Å². The number of aromatic nitrogens is 2. The van der Waals surface area contributed by atoms with E-state index >= 15 is 0 Å². The van der Waals surface area contributed by atoms with Crippen LogP contribution in [0, 0.1) is 0 Å². The average molecular weight is 411 g/mol. The van der Waals surface area contributed by atoms with E-state index in [2.05, 4.69) is 15.5 Å². The van der Waals surface area contributed by atoms with Crippen molar-refractivity contribution in [3.8, 4) is 11.5 Å². The highest BCUT2D eigenvalue weighted by atomic mass is 32.2. The number of benzene rings is 1. The van der Waals surface area contributed by atoms with Crippen molar-refractivity contribution in [2.24, 2.45) is 0 Å². The lowest BCUT2D eigenvalue weighted by atomic mass is 10.2. The summed E-state index contributed by atoms with van der Waals surface area (Å²) in [5, 5.41) is 10.8. The van der Waals surface area contributed by atoms with E-state index in [0.717, 1.165) is 31.0 Å². The number of hydrogen-bond donors (Lipinski definition) is 1. The average Bonchev–Trinajstić information content (AvgIpc) is 3.17. The lowest BCUT2D eigenvalue weighted by molar-refractivity contribution is -0.118. The van der Waals surface area contributed by atoms with Crippen LogP contribution in [-0.4, -0.2) is 54.2 Å². The van der Waals surface area contributed by atoms with Crippen molar-refractivity contribution in [2.45, 2.75) is 36.3 Å². The molecule has 0 atom stereocenters. The molecule has 10 heteroatoms. The summed E-state index contributed by atoms with van der Waals surface area (Å²) in [7, 11) is -3.53. The van der Waals surface area contributed by atoms with Crippen molar-refractivity contribution >= 4 is 27.7 Å². The summed E-state index contributed by atoms with van der Waals surface area (Å²) in [6, 6.07) is 6.52. The first-order valence-electron chi connectivity index (χ1n) is 8.84. The number of rotatable bonds is 7. The van der Waals surface area contributed by atoms with Crippen LogP contribution in [0.3, 0.4) is 0 Å². The Kier molecular flexibility index (Phi) is 6.51. The standard InChI is InChI=1S/C17H22N4O4S2/c1-2-18-15(22)12-26-17-20-19-16(25-17)13-7-6-8-14(11-13)27(23,24)21-9-4-3-5-10-21/h6-8,11H,2-5,9-10,12H2,1H3,(H,18,22). The van der Waals surface area contributed by atoms with Crippen LogP contribution in [0.5, 0.6) is 0 Å². The summed E-state index contributed by atoms with van der Waals surface area (Å²) < 4.78 is 32.7. The fourth-order valence-corrected chi connectivity index (χ4v) is 4.96. The lowest BCUT2D eigenvalue weighted by Crippen LogP contribution is -2.35. The third-order valence-electron chi connectivity index (χ3n) is 4.14. The number of nitrogens with one attached hydrogen (secondary N) is 1. The molecule has 1 amide bonds. The van der Waals surface area contributed by atoms with Gasteiger partial charge in [-0.1, -0.05) is 24.2 Å². The van der Waals surface area contributed by atoms with Crippen LogP contribution < -0.4 is 5.32 Å². The zero-order valence-corrected chi connectivity index (χ0v) is 16.7. The number of sulfonamides is 1. The molecule has 146 valence electrons. The van der Waals surface area contributed by atoms with Crippen molar-refractivity contribution in [2.75, 3.05) is 25.4 Å². The minimum atomic E-state index is -3.53. The van der Waals surface area contributed by atoms with Gasteiger partial charge in [0.15, 0.2) is 0 Å². The van der Waals surface area contributed by atoms with Gasteiger partial charge in [0.05, 0.1) is 10.6 Å². The van der Waals surface area contributed by atoms with Gasteiger partial charge >= 0.3 is 0 Å². The van der Waals surface area contributed by atoms with Crippen LogP contribution in [0.15, 0.2) is 38.8 Å². The Morgan fingerprint density at radius 1 is 1.26 bits per heavy atom.